The average Bonchev–Trinajstić information content (AvgIpc) is 2.72. The van der Waals surface area contributed by atoms with Gasteiger partial charge < -0.3 is 5.32 Å². The highest BCUT2D eigenvalue weighted by molar-refractivity contribution is 7.89. The Kier molecular flexibility index (Phi) is 6.13. The molecule has 1 aromatic heterocycles. The van der Waals surface area contributed by atoms with Crippen molar-refractivity contribution < 1.29 is 17.6 Å². The number of pyridine rings is 1. The van der Waals surface area contributed by atoms with Gasteiger partial charge in [0, 0.05) is 31.0 Å². The van der Waals surface area contributed by atoms with E-state index in [1.54, 1.807) is 24.5 Å². The summed E-state index contributed by atoms with van der Waals surface area (Å²) in [4.78, 5) is 16.1. The van der Waals surface area contributed by atoms with Crippen LogP contribution in [0.2, 0.25) is 0 Å². The molecular formula is C20H18FN3O3S. The van der Waals surface area contributed by atoms with Crippen LogP contribution in [0.25, 0.3) is 0 Å². The molecule has 0 saturated carbocycles. The van der Waals surface area contributed by atoms with Crippen LogP contribution in [-0.2, 0) is 23.1 Å². The van der Waals surface area contributed by atoms with Crippen molar-refractivity contribution in [2.45, 2.75) is 18.0 Å². The highest BCUT2D eigenvalue weighted by atomic mass is 32.2. The van der Waals surface area contributed by atoms with Gasteiger partial charge >= 0.3 is 0 Å². The van der Waals surface area contributed by atoms with E-state index in [4.69, 9.17) is 0 Å². The predicted molar refractivity (Wildman–Crippen MR) is 102 cm³/mol. The first-order valence-corrected chi connectivity index (χ1v) is 9.94. The van der Waals surface area contributed by atoms with E-state index in [9.17, 15) is 17.6 Å². The third-order valence-electron chi connectivity index (χ3n) is 4.01. The zero-order valence-corrected chi connectivity index (χ0v) is 15.6. The van der Waals surface area contributed by atoms with Gasteiger partial charge in [0.05, 0.1) is 4.90 Å². The van der Waals surface area contributed by atoms with Gasteiger partial charge in [0.25, 0.3) is 5.91 Å². The molecule has 6 nitrogen and oxygen atoms in total. The molecule has 0 spiro atoms. The van der Waals surface area contributed by atoms with Crippen LogP contribution in [0.4, 0.5) is 4.39 Å². The molecule has 8 heteroatoms. The lowest BCUT2D eigenvalue weighted by atomic mass is 10.2. The highest BCUT2D eigenvalue weighted by Crippen LogP contribution is 2.12. The number of amides is 1. The van der Waals surface area contributed by atoms with Crippen LogP contribution in [0.3, 0.4) is 0 Å². The fourth-order valence-electron chi connectivity index (χ4n) is 2.43. The maximum Gasteiger partial charge on any atom is 0.251 e. The second-order valence-electron chi connectivity index (χ2n) is 6.01. The molecule has 0 fully saturated rings. The summed E-state index contributed by atoms with van der Waals surface area (Å²) in [6.07, 6.45) is 3.28. The third kappa shape index (κ3) is 5.21. The number of carbonyl (C=O) groups excluding carboxylic acids is 1. The number of benzene rings is 2. The Morgan fingerprint density at radius 2 is 1.46 bits per heavy atom. The van der Waals surface area contributed by atoms with Gasteiger partial charge in [0.2, 0.25) is 10.0 Å². The zero-order chi connectivity index (χ0) is 20.0. The van der Waals surface area contributed by atoms with E-state index in [0.717, 1.165) is 5.56 Å². The van der Waals surface area contributed by atoms with Crippen molar-refractivity contribution in [2.75, 3.05) is 0 Å². The number of hydrogen-bond acceptors (Lipinski definition) is 4. The summed E-state index contributed by atoms with van der Waals surface area (Å²) >= 11 is 0. The molecule has 144 valence electrons. The van der Waals surface area contributed by atoms with E-state index in [0.29, 0.717) is 17.7 Å². The van der Waals surface area contributed by atoms with E-state index in [1.807, 2.05) is 0 Å². The number of nitrogens with zero attached hydrogens (tertiary/aromatic N) is 1. The van der Waals surface area contributed by atoms with Crippen LogP contribution < -0.4 is 10.0 Å². The van der Waals surface area contributed by atoms with E-state index >= 15 is 0 Å². The molecule has 0 radical (unpaired) electrons. The van der Waals surface area contributed by atoms with Crippen molar-refractivity contribution in [3.63, 3.8) is 0 Å². The van der Waals surface area contributed by atoms with Crippen molar-refractivity contribution in [3.05, 3.63) is 95.6 Å². The molecule has 3 rings (SSSR count). The monoisotopic (exact) mass is 399 g/mol. The standard InChI is InChI=1S/C20H18FN3O3S/c21-18-5-1-15(2-6-18)14-24-28(26,27)19-7-3-17(4-8-19)20(25)23-13-16-9-11-22-12-10-16/h1-12,24H,13-14H2,(H,23,25). The van der Waals surface area contributed by atoms with Gasteiger partial charge in [0.1, 0.15) is 5.82 Å². The maximum absolute atomic E-state index is 12.9. The molecule has 0 aliphatic rings. The van der Waals surface area contributed by atoms with Crippen LogP contribution >= 0.6 is 0 Å². The van der Waals surface area contributed by atoms with Gasteiger partial charge in [0.15, 0.2) is 0 Å². The number of carbonyl (C=O) groups is 1. The minimum Gasteiger partial charge on any atom is -0.348 e. The van der Waals surface area contributed by atoms with Crippen LogP contribution in [0, 0.1) is 5.82 Å². The van der Waals surface area contributed by atoms with Crippen LogP contribution in [0.1, 0.15) is 21.5 Å². The number of hydrogen-bond donors (Lipinski definition) is 2. The molecule has 2 N–H and O–H groups in total. The highest BCUT2D eigenvalue weighted by Gasteiger charge is 2.15. The van der Waals surface area contributed by atoms with E-state index in [-0.39, 0.29) is 23.2 Å². The zero-order valence-electron chi connectivity index (χ0n) is 14.8. The quantitative estimate of drug-likeness (QED) is 0.639. The van der Waals surface area contributed by atoms with Gasteiger partial charge in [-0.2, -0.15) is 0 Å². The van der Waals surface area contributed by atoms with Crippen LogP contribution in [-0.4, -0.2) is 19.3 Å². The van der Waals surface area contributed by atoms with Gasteiger partial charge in [-0.3, -0.25) is 9.78 Å². The Hall–Kier alpha value is -3.10. The molecule has 0 unspecified atom stereocenters. The second-order valence-corrected chi connectivity index (χ2v) is 7.78. The second kappa shape index (κ2) is 8.73. The lowest BCUT2D eigenvalue weighted by Gasteiger charge is -2.09. The molecule has 0 aliphatic heterocycles. The van der Waals surface area contributed by atoms with Crippen molar-refractivity contribution in [3.8, 4) is 0 Å². The average molecular weight is 399 g/mol. The molecule has 1 heterocycles. The normalized spacial score (nSPS) is 11.2. The summed E-state index contributed by atoms with van der Waals surface area (Å²) in [7, 11) is -3.75. The minimum atomic E-state index is -3.75. The fourth-order valence-corrected chi connectivity index (χ4v) is 3.45. The number of aromatic nitrogens is 1. The summed E-state index contributed by atoms with van der Waals surface area (Å²) in [6, 6.07) is 14.8. The summed E-state index contributed by atoms with van der Waals surface area (Å²) in [5.41, 5.74) is 1.90. The summed E-state index contributed by atoms with van der Waals surface area (Å²) in [6.45, 7) is 0.386. The first kappa shape index (κ1) is 19.7. The largest absolute Gasteiger partial charge is 0.348 e. The minimum absolute atomic E-state index is 0.0385. The molecule has 0 aliphatic carbocycles. The van der Waals surface area contributed by atoms with Gasteiger partial charge in [-0.05, 0) is 59.7 Å². The Morgan fingerprint density at radius 3 is 2.11 bits per heavy atom. The summed E-state index contributed by atoms with van der Waals surface area (Å²) in [5, 5.41) is 2.76. The molecule has 0 atom stereocenters. The number of halogens is 1. The Labute approximate surface area is 162 Å². The van der Waals surface area contributed by atoms with Crippen LogP contribution in [0.5, 0.6) is 0 Å². The first-order chi connectivity index (χ1) is 13.4. The molecule has 1 amide bonds. The Bertz CT molecular complexity index is 1040. The molecular weight excluding hydrogens is 381 g/mol. The van der Waals surface area contributed by atoms with Crippen molar-refractivity contribution in [2.24, 2.45) is 0 Å². The van der Waals surface area contributed by atoms with E-state index in [2.05, 4.69) is 15.0 Å². The molecule has 2 aromatic carbocycles. The predicted octanol–water partition coefficient (Wildman–Crippen LogP) is 2.63. The maximum atomic E-state index is 12.9. The first-order valence-electron chi connectivity index (χ1n) is 8.45. The van der Waals surface area contributed by atoms with Crippen molar-refractivity contribution >= 4 is 15.9 Å². The molecule has 0 bridgehead atoms. The molecule has 0 saturated heterocycles. The third-order valence-corrected chi connectivity index (χ3v) is 5.43. The number of nitrogens with one attached hydrogen (secondary N) is 2. The smallest absolute Gasteiger partial charge is 0.251 e. The molecule has 28 heavy (non-hydrogen) atoms. The van der Waals surface area contributed by atoms with Gasteiger partial charge in [-0.25, -0.2) is 17.5 Å². The van der Waals surface area contributed by atoms with Gasteiger partial charge in [-0.15, -0.1) is 0 Å². The Balaban J connectivity index is 1.60. The Morgan fingerprint density at radius 1 is 0.857 bits per heavy atom. The van der Waals surface area contributed by atoms with Crippen LogP contribution in [0.15, 0.2) is 78.0 Å². The van der Waals surface area contributed by atoms with Crippen molar-refractivity contribution in [1.82, 2.24) is 15.0 Å². The van der Waals surface area contributed by atoms with E-state index in [1.165, 1.54) is 48.5 Å². The van der Waals surface area contributed by atoms with E-state index < -0.39 is 10.0 Å². The fraction of sp³-hybridized carbons (Fsp3) is 0.100. The topological polar surface area (TPSA) is 88.2 Å². The van der Waals surface area contributed by atoms with Gasteiger partial charge in [-0.1, -0.05) is 12.1 Å². The lowest BCUT2D eigenvalue weighted by molar-refractivity contribution is 0.0951. The summed E-state index contributed by atoms with van der Waals surface area (Å²) in [5.74, 6) is -0.690. The SMILES string of the molecule is O=C(NCc1ccncc1)c1ccc(S(=O)(=O)NCc2ccc(F)cc2)cc1. The number of rotatable bonds is 7. The lowest BCUT2D eigenvalue weighted by Crippen LogP contribution is -2.24. The number of sulfonamides is 1. The molecule has 3 aromatic rings. The van der Waals surface area contributed by atoms with Crippen molar-refractivity contribution in [1.29, 1.82) is 0 Å². The summed E-state index contributed by atoms with van der Waals surface area (Å²) < 4.78 is 40.1.